The Morgan fingerprint density at radius 1 is 0.541 bits per heavy atom. The molecule has 0 saturated carbocycles. The first kappa shape index (κ1) is 48.8. The van der Waals surface area contributed by atoms with Gasteiger partial charge in [-0.05, 0) is 122 Å². The third-order valence-electron chi connectivity index (χ3n) is 17.3. The number of nitrogens with zero attached hydrogens (tertiary/aromatic N) is 3. The molecule has 13 rings (SSSR count). The van der Waals surface area contributed by atoms with Crippen LogP contribution in [0.15, 0.2) is 121 Å². The molecule has 10 aromatic rings. The van der Waals surface area contributed by atoms with E-state index in [1.165, 1.54) is 133 Å². The molecule has 8 aromatic carbocycles. The molecule has 2 aromatic heterocycles. The van der Waals surface area contributed by atoms with Gasteiger partial charge in [0.25, 0.3) is 0 Å². The molecule has 74 heavy (non-hydrogen) atoms. The van der Waals surface area contributed by atoms with Crippen molar-refractivity contribution in [2.75, 3.05) is 4.90 Å². The molecule has 0 atom stereocenters. The Labute approximate surface area is 453 Å². The van der Waals surface area contributed by atoms with Crippen molar-refractivity contribution in [2.24, 2.45) is 0 Å². The van der Waals surface area contributed by atoms with E-state index in [1.807, 2.05) is 0 Å². The molecule has 4 heterocycles. The minimum Gasteiger partial charge on any atom is -0.359 e. The Hall–Kier alpha value is -6.14. The summed E-state index contributed by atoms with van der Waals surface area (Å²) in [6.45, 7) is 37.5. The zero-order valence-electron chi connectivity index (χ0n) is 46.3. The van der Waals surface area contributed by atoms with Gasteiger partial charge in [0.05, 0.1) is 16.7 Å². The van der Waals surface area contributed by atoms with Gasteiger partial charge in [-0.25, -0.2) is 0 Å². The van der Waals surface area contributed by atoms with Gasteiger partial charge in [-0.3, -0.25) is 0 Å². The summed E-state index contributed by atoms with van der Waals surface area (Å²) >= 11 is 0. The number of rotatable bonds is 2. The molecule has 0 spiro atoms. The van der Waals surface area contributed by atoms with Crippen LogP contribution in [0.3, 0.4) is 0 Å². The summed E-state index contributed by atoms with van der Waals surface area (Å²) < 4.78 is 5.17. The molecule has 2 aliphatic heterocycles. The molecule has 370 valence electrons. The van der Waals surface area contributed by atoms with Crippen molar-refractivity contribution < 1.29 is 19.8 Å². The van der Waals surface area contributed by atoms with Crippen LogP contribution in [0.5, 0.6) is 0 Å². The Bertz CT molecular complexity index is 4050. The van der Waals surface area contributed by atoms with Crippen LogP contribution in [0, 0.1) is 26.0 Å². The van der Waals surface area contributed by atoms with Gasteiger partial charge in [0.15, 0.2) is 6.71 Å². The summed E-state index contributed by atoms with van der Waals surface area (Å²) in [5.74, 6) is 0. The number of aromatic nitrogens is 2. The fourth-order valence-corrected chi connectivity index (χ4v) is 13.3. The standard InChI is InChI=1S/C69H68BN3.Os/c1-39-20-19-21-40(2)63(39)72-55-30-25-41(65(3,4)5)32-47(55)48-36-54-59(38-57(48)72)71(44-27-28-46-45-22-17-18-23-50(45)69(15,16)51(46)35-44)60-37-52(68(12,13)14)61-49-33-42(66(6,7)8)26-31-56(49)73-58-34-43(67(9,10)11)24-29-53(58)70(54)62(60)64(61)73;/h17-30,32-33,35-38H,1-16H3;/q-2;+2. The molecule has 0 radical (unpaired) electrons. The summed E-state index contributed by atoms with van der Waals surface area (Å²) in [5.41, 5.74) is 27.5. The fourth-order valence-electron chi connectivity index (χ4n) is 13.3. The monoisotopic (exact) mass is 1140 g/mol. The summed E-state index contributed by atoms with van der Waals surface area (Å²) in [7, 11) is 0. The average Bonchev–Trinajstić information content (AvgIpc) is 3.91. The van der Waals surface area contributed by atoms with Crippen LogP contribution in [0.2, 0.25) is 0 Å². The molecule has 0 N–H and O–H groups in total. The second-order valence-corrected chi connectivity index (χ2v) is 26.6. The van der Waals surface area contributed by atoms with Crippen LogP contribution in [0.25, 0.3) is 66.1 Å². The van der Waals surface area contributed by atoms with Gasteiger partial charge in [0.2, 0.25) is 0 Å². The van der Waals surface area contributed by atoms with Gasteiger partial charge in [-0.1, -0.05) is 180 Å². The summed E-state index contributed by atoms with van der Waals surface area (Å²) in [6, 6.07) is 55.9. The molecule has 0 fully saturated rings. The smallest absolute Gasteiger partial charge is 0.359 e. The summed E-state index contributed by atoms with van der Waals surface area (Å²) in [6.07, 6.45) is 0. The molecule has 0 unspecified atom stereocenters. The SMILES string of the molecule is Cc1cccc(C)c1-n1c2ccc(C(C)(C)C)cc2c2cc3c(cc21)N(c1ccc2c(c1)C(C)(C)c1ccccc1-2)c1cc(C(C)(C)C)c2c4cc(C(C)(C)C)c[c-]c4n4c2c1B3c1ccc(C(C)(C)C)[c-]c1-4.[Os+2]. The van der Waals surface area contributed by atoms with E-state index in [0.29, 0.717) is 0 Å². The zero-order valence-corrected chi connectivity index (χ0v) is 48.9. The van der Waals surface area contributed by atoms with Crippen molar-refractivity contribution in [1.29, 1.82) is 0 Å². The van der Waals surface area contributed by atoms with E-state index in [-0.39, 0.29) is 53.6 Å². The van der Waals surface area contributed by atoms with Gasteiger partial charge in [0, 0.05) is 38.8 Å². The van der Waals surface area contributed by atoms with E-state index in [0.717, 1.165) is 11.2 Å². The van der Waals surface area contributed by atoms with Crippen molar-refractivity contribution >= 4 is 83.8 Å². The predicted molar refractivity (Wildman–Crippen MR) is 314 cm³/mol. The fraction of sp³-hybridized carbons (Fsp3) is 0.304. The molecular formula is C69H68BN3Os. The van der Waals surface area contributed by atoms with E-state index >= 15 is 0 Å². The molecule has 5 heteroatoms. The summed E-state index contributed by atoms with van der Waals surface area (Å²) in [4.78, 5) is 2.67. The van der Waals surface area contributed by atoms with Crippen molar-refractivity contribution in [3.8, 4) is 22.5 Å². The first-order valence-corrected chi connectivity index (χ1v) is 26.7. The minimum atomic E-state index is -0.199. The van der Waals surface area contributed by atoms with Crippen molar-refractivity contribution in [1.82, 2.24) is 9.13 Å². The van der Waals surface area contributed by atoms with Crippen LogP contribution in [-0.2, 0) is 46.9 Å². The van der Waals surface area contributed by atoms with Crippen molar-refractivity contribution in [2.45, 2.75) is 138 Å². The van der Waals surface area contributed by atoms with Gasteiger partial charge >= 0.3 is 19.8 Å². The zero-order chi connectivity index (χ0) is 51.4. The largest absolute Gasteiger partial charge is 2.00 e. The minimum absolute atomic E-state index is 0. The maximum absolute atomic E-state index is 4.17. The Kier molecular flexibility index (Phi) is 10.4. The molecule has 0 bridgehead atoms. The number of fused-ring (bicyclic) bond motifs is 14. The van der Waals surface area contributed by atoms with E-state index < -0.39 is 0 Å². The van der Waals surface area contributed by atoms with Crippen LogP contribution in [0.4, 0.5) is 17.1 Å². The van der Waals surface area contributed by atoms with E-state index in [9.17, 15) is 0 Å². The quantitative estimate of drug-likeness (QED) is 0.124. The number of aryl methyl sites for hydroxylation is 2. The number of hydrogen-bond donors (Lipinski definition) is 0. The Balaban J connectivity index is 0.00000556. The van der Waals surface area contributed by atoms with Crippen LogP contribution in [0.1, 0.15) is 141 Å². The molecular weight excluding hydrogens is 1070 g/mol. The van der Waals surface area contributed by atoms with E-state index in [1.54, 1.807) is 0 Å². The van der Waals surface area contributed by atoms with Gasteiger partial charge in [-0.15, -0.1) is 16.4 Å². The second kappa shape index (κ2) is 15.7. The third kappa shape index (κ3) is 6.73. The van der Waals surface area contributed by atoms with Crippen LogP contribution >= 0.6 is 0 Å². The summed E-state index contributed by atoms with van der Waals surface area (Å²) in [5, 5.41) is 5.18. The predicted octanol–water partition coefficient (Wildman–Crippen LogP) is 16.2. The maximum atomic E-state index is 4.17. The molecule has 1 aliphatic carbocycles. The maximum Gasteiger partial charge on any atom is 2.00 e. The third-order valence-corrected chi connectivity index (χ3v) is 17.3. The molecule has 0 amide bonds. The second-order valence-electron chi connectivity index (χ2n) is 26.6. The number of hydrogen-bond acceptors (Lipinski definition) is 1. The molecule has 3 aliphatic rings. The normalized spacial score (nSPS) is 14.7. The number of anilines is 3. The van der Waals surface area contributed by atoms with Gasteiger partial charge in [-0.2, -0.15) is 42.0 Å². The van der Waals surface area contributed by atoms with Gasteiger partial charge < -0.3 is 14.0 Å². The first-order chi connectivity index (χ1) is 34.3. The topological polar surface area (TPSA) is 13.1 Å². The molecule has 0 saturated heterocycles. The molecule has 3 nitrogen and oxygen atoms in total. The Morgan fingerprint density at radius 2 is 1.22 bits per heavy atom. The van der Waals surface area contributed by atoms with E-state index in [2.05, 4.69) is 258 Å². The van der Waals surface area contributed by atoms with Crippen molar-refractivity contribution in [3.05, 3.63) is 178 Å². The van der Waals surface area contributed by atoms with E-state index in [4.69, 9.17) is 0 Å². The average molecular weight is 1140 g/mol. The van der Waals surface area contributed by atoms with Crippen LogP contribution < -0.4 is 21.3 Å². The van der Waals surface area contributed by atoms with Gasteiger partial charge in [0.1, 0.15) is 0 Å². The van der Waals surface area contributed by atoms with Crippen molar-refractivity contribution in [3.63, 3.8) is 0 Å². The number of para-hydroxylation sites is 1. The number of benzene rings is 8. The Morgan fingerprint density at radius 3 is 1.91 bits per heavy atom. The first-order valence-electron chi connectivity index (χ1n) is 26.7. The van der Waals surface area contributed by atoms with Crippen LogP contribution in [-0.4, -0.2) is 15.8 Å².